The van der Waals surface area contributed by atoms with Crippen LogP contribution in [0.25, 0.3) is 10.9 Å². The molecule has 0 radical (unpaired) electrons. The molecular weight excluding hydrogens is 432 g/mol. The van der Waals surface area contributed by atoms with Crippen LogP contribution in [0.1, 0.15) is 28.5 Å². The normalized spacial score (nSPS) is 11.3. The van der Waals surface area contributed by atoms with Crippen molar-refractivity contribution in [3.8, 4) is 5.75 Å². The van der Waals surface area contributed by atoms with Crippen LogP contribution in [-0.2, 0) is 20.7 Å². The molecule has 0 unspecified atom stereocenters. The van der Waals surface area contributed by atoms with E-state index in [1.54, 1.807) is 68.0 Å². The van der Waals surface area contributed by atoms with E-state index in [-0.39, 0.29) is 18.2 Å². The molecule has 1 aromatic heterocycles. The number of hydrogen-bond donors (Lipinski definition) is 1. The molecule has 166 valence electrons. The van der Waals surface area contributed by atoms with E-state index in [4.69, 9.17) is 16.3 Å². The van der Waals surface area contributed by atoms with E-state index in [2.05, 4.69) is 10.1 Å². The molecule has 0 saturated heterocycles. The second-order valence-corrected chi connectivity index (χ2v) is 7.61. The van der Waals surface area contributed by atoms with Crippen molar-refractivity contribution in [1.29, 1.82) is 0 Å². The molecule has 0 aliphatic carbocycles. The van der Waals surface area contributed by atoms with E-state index in [0.29, 0.717) is 38.8 Å². The van der Waals surface area contributed by atoms with Crippen LogP contribution in [0.5, 0.6) is 5.75 Å². The smallest absolute Gasteiger partial charge is 0.332 e. The molecule has 1 N–H and O–H groups in total. The average molecular weight is 455 g/mol. The summed E-state index contributed by atoms with van der Waals surface area (Å²) in [4.78, 5) is 37.4. The Bertz CT molecular complexity index is 1230. The van der Waals surface area contributed by atoms with Crippen molar-refractivity contribution >= 4 is 40.3 Å². The van der Waals surface area contributed by atoms with E-state index in [1.165, 1.54) is 13.2 Å². The molecule has 0 saturated carbocycles. The number of aromatic nitrogens is 1. The van der Waals surface area contributed by atoms with Crippen LogP contribution in [-0.4, -0.2) is 36.6 Å². The highest BCUT2D eigenvalue weighted by Crippen LogP contribution is 2.31. The lowest BCUT2D eigenvalue weighted by Gasteiger charge is -2.08. The van der Waals surface area contributed by atoms with Gasteiger partial charge in [0.15, 0.2) is 0 Å². The molecule has 0 spiro atoms. The maximum atomic E-state index is 13.3. The molecule has 0 fully saturated rings. The van der Waals surface area contributed by atoms with E-state index in [9.17, 15) is 14.4 Å². The van der Waals surface area contributed by atoms with E-state index in [0.717, 1.165) is 5.39 Å². The molecule has 32 heavy (non-hydrogen) atoms. The zero-order valence-corrected chi connectivity index (χ0v) is 18.9. The Morgan fingerprint density at radius 2 is 1.78 bits per heavy atom. The number of allylic oxidation sites excluding steroid dienone is 1. The van der Waals surface area contributed by atoms with Gasteiger partial charge in [-0.1, -0.05) is 11.6 Å². The first-order valence-electron chi connectivity index (χ1n) is 9.79. The fourth-order valence-electron chi connectivity index (χ4n) is 3.49. The fourth-order valence-corrected chi connectivity index (χ4v) is 3.62. The summed E-state index contributed by atoms with van der Waals surface area (Å²) in [5.41, 5.74) is 2.81. The number of carbonyl (C=O) groups is 3. The van der Waals surface area contributed by atoms with Gasteiger partial charge in [0.2, 0.25) is 5.91 Å². The van der Waals surface area contributed by atoms with Crippen molar-refractivity contribution in [3.63, 3.8) is 0 Å². The van der Waals surface area contributed by atoms with Gasteiger partial charge in [0, 0.05) is 33.4 Å². The number of benzene rings is 2. The number of methoxy groups -OCH3 is 2. The number of amides is 1. The molecule has 0 bridgehead atoms. The summed E-state index contributed by atoms with van der Waals surface area (Å²) < 4.78 is 11.5. The van der Waals surface area contributed by atoms with Gasteiger partial charge in [-0.15, -0.1) is 0 Å². The van der Waals surface area contributed by atoms with Crippen LogP contribution in [0, 0.1) is 6.92 Å². The number of hydrogen-bond acceptors (Lipinski definition) is 5. The summed E-state index contributed by atoms with van der Waals surface area (Å²) in [5, 5.41) is 3.94. The third kappa shape index (κ3) is 4.84. The minimum absolute atomic E-state index is 0.00273. The second-order valence-electron chi connectivity index (χ2n) is 7.17. The molecule has 7 nitrogen and oxygen atoms in total. The van der Waals surface area contributed by atoms with Crippen molar-refractivity contribution < 1.29 is 23.9 Å². The Morgan fingerprint density at radius 3 is 2.41 bits per heavy atom. The van der Waals surface area contributed by atoms with Gasteiger partial charge in [0.05, 0.1) is 26.2 Å². The molecule has 2 aromatic carbocycles. The van der Waals surface area contributed by atoms with E-state index >= 15 is 0 Å². The molecule has 1 heterocycles. The summed E-state index contributed by atoms with van der Waals surface area (Å²) in [5.74, 6) is -0.514. The Morgan fingerprint density at radius 1 is 1.09 bits per heavy atom. The molecule has 8 heteroatoms. The molecule has 3 rings (SSSR count). The van der Waals surface area contributed by atoms with Crippen molar-refractivity contribution in [2.45, 2.75) is 20.3 Å². The lowest BCUT2D eigenvalue weighted by molar-refractivity contribution is -0.134. The molecule has 0 aliphatic rings. The first kappa shape index (κ1) is 23.1. The number of fused-ring (bicyclic) bond motifs is 1. The Hall–Kier alpha value is -3.58. The van der Waals surface area contributed by atoms with Crippen molar-refractivity contribution in [2.75, 3.05) is 14.2 Å². The SMILES string of the molecule is COC(=O)/C=C(\C)NC(=O)Cc1c(C)n(C(=O)c2ccc(Cl)cc2)c2ccc(OC)cc12. The standard InChI is InChI=1S/C24H23ClN2O5/c1-14(11-23(29)32-4)26-22(28)13-19-15(2)27(21-10-9-18(31-3)12-20(19)21)24(30)16-5-7-17(25)8-6-16/h5-12H,13H2,1-4H3,(H,26,28)/b14-11+. The zero-order chi connectivity index (χ0) is 23.4. The van der Waals surface area contributed by atoms with Gasteiger partial charge >= 0.3 is 5.97 Å². The Kier molecular flexibility index (Phi) is 7.00. The number of carbonyl (C=O) groups excluding carboxylic acids is 3. The minimum Gasteiger partial charge on any atom is -0.497 e. The van der Waals surface area contributed by atoms with Crippen molar-refractivity contribution in [1.82, 2.24) is 9.88 Å². The largest absolute Gasteiger partial charge is 0.497 e. The number of nitrogens with one attached hydrogen (secondary N) is 1. The van der Waals surface area contributed by atoms with Crippen LogP contribution in [0.4, 0.5) is 0 Å². The topological polar surface area (TPSA) is 86.6 Å². The molecule has 0 aliphatic heterocycles. The highest BCUT2D eigenvalue weighted by Gasteiger charge is 2.22. The maximum absolute atomic E-state index is 13.3. The highest BCUT2D eigenvalue weighted by molar-refractivity contribution is 6.30. The van der Waals surface area contributed by atoms with Crippen molar-refractivity contribution in [3.05, 3.63) is 76.1 Å². The monoisotopic (exact) mass is 454 g/mol. The van der Waals surface area contributed by atoms with Crippen LogP contribution >= 0.6 is 11.6 Å². The van der Waals surface area contributed by atoms with Gasteiger partial charge in [0.1, 0.15) is 5.75 Å². The molecule has 0 atom stereocenters. The summed E-state index contributed by atoms with van der Waals surface area (Å²) in [7, 11) is 2.81. The van der Waals surface area contributed by atoms with Crippen LogP contribution in [0.2, 0.25) is 5.02 Å². The summed E-state index contributed by atoms with van der Waals surface area (Å²) >= 11 is 5.96. The summed E-state index contributed by atoms with van der Waals surface area (Å²) in [6.07, 6.45) is 1.20. The number of ether oxygens (including phenoxy) is 2. The molecule has 3 aromatic rings. The number of rotatable bonds is 6. The van der Waals surface area contributed by atoms with Gasteiger partial charge in [-0.3, -0.25) is 14.2 Å². The predicted molar refractivity (Wildman–Crippen MR) is 122 cm³/mol. The van der Waals surface area contributed by atoms with E-state index < -0.39 is 5.97 Å². The fraction of sp³-hybridized carbons (Fsp3) is 0.208. The first-order chi connectivity index (χ1) is 15.2. The van der Waals surface area contributed by atoms with Crippen molar-refractivity contribution in [2.24, 2.45) is 0 Å². The maximum Gasteiger partial charge on any atom is 0.332 e. The van der Waals surface area contributed by atoms with Gasteiger partial charge < -0.3 is 14.8 Å². The number of nitrogens with zero attached hydrogens (tertiary/aromatic N) is 1. The van der Waals surface area contributed by atoms with Crippen LogP contribution < -0.4 is 10.1 Å². The second kappa shape index (κ2) is 9.70. The zero-order valence-electron chi connectivity index (χ0n) is 18.2. The van der Waals surface area contributed by atoms with Gasteiger partial charge in [0.25, 0.3) is 5.91 Å². The summed E-state index contributed by atoms with van der Waals surface area (Å²) in [6.45, 7) is 3.39. The lowest BCUT2D eigenvalue weighted by atomic mass is 10.1. The summed E-state index contributed by atoms with van der Waals surface area (Å²) in [6, 6.07) is 12.0. The van der Waals surface area contributed by atoms with Gasteiger partial charge in [-0.25, -0.2) is 4.79 Å². The molecule has 1 amide bonds. The Labute approximate surface area is 190 Å². The first-order valence-corrected chi connectivity index (χ1v) is 10.2. The van der Waals surface area contributed by atoms with Gasteiger partial charge in [-0.05, 0) is 61.9 Å². The third-order valence-corrected chi connectivity index (χ3v) is 5.30. The highest BCUT2D eigenvalue weighted by atomic mass is 35.5. The van der Waals surface area contributed by atoms with E-state index in [1.807, 2.05) is 0 Å². The quantitative estimate of drug-likeness (QED) is 0.448. The Balaban J connectivity index is 2.04. The average Bonchev–Trinajstić information content (AvgIpc) is 3.03. The van der Waals surface area contributed by atoms with Gasteiger partial charge in [-0.2, -0.15) is 0 Å². The minimum atomic E-state index is -0.561. The number of halogens is 1. The number of esters is 1. The van der Waals surface area contributed by atoms with Crippen LogP contribution in [0.15, 0.2) is 54.2 Å². The third-order valence-electron chi connectivity index (χ3n) is 5.05. The predicted octanol–water partition coefficient (Wildman–Crippen LogP) is 4.04. The molecular formula is C24H23ClN2O5. The lowest BCUT2D eigenvalue weighted by Crippen LogP contribution is -2.24. The van der Waals surface area contributed by atoms with Crippen LogP contribution in [0.3, 0.4) is 0 Å².